The number of carbonyl (C=O) groups is 4. The molecule has 0 radical (unpaired) electrons. The van der Waals surface area contributed by atoms with E-state index in [1.54, 1.807) is 26.0 Å². The van der Waals surface area contributed by atoms with Crippen LogP contribution in [0.5, 0.6) is 5.75 Å². The molecule has 0 aliphatic rings. The van der Waals surface area contributed by atoms with Gasteiger partial charge in [-0.15, -0.1) is 0 Å². The van der Waals surface area contributed by atoms with Gasteiger partial charge in [0, 0.05) is 12.3 Å². The van der Waals surface area contributed by atoms with Crippen LogP contribution in [0.1, 0.15) is 32.3 Å². The number of carboxylic acids is 1. The summed E-state index contributed by atoms with van der Waals surface area (Å²) < 4.78 is 0. The maximum Gasteiger partial charge on any atom is 0.327 e. The number of carbonyl (C=O) groups excluding carboxylic acids is 3. The molecule has 3 amide bonds. The Morgan fingerprint density at radius 2 is 1.57 bits per heavy atom. The SMILES string of the molecule is CC(C)C(NC(=O)C(N)Cc1ccc(O)cc1)C(=O)NC(CCCN=C(N)N)C(=O)NC(CS)C(=O)O. The van der Waals surface area contributed by atoms with Gasteiger partial charge in [0.15, 0.2) is 5.96 Å². The molecule has 1 rings (SSSR count). The second-order valence-corrected chi connectivity index (χ2v) is 9.16. The van der Waals surface area contributed by atoms with Crippen LogP contribution in [0.15, 0.2) is 29.3 Å². The van der Waals surface area contributed by atoms with Gasteiger partial charge in [-0.1, -0.05) is 26.0 Å². The van der Waals surface area contributed by atoms with E-state index < -0.39 is 47.9 Å². The van der Waals surface area contributed by atoms with Crippen molar-refractivity contribution >= 4 is 42.3 Å². The van der Waals surface area contributed by atoms with Crippen molar-refractivity contribution in [2.24, 2.45) is 28.1 Å². The van der Waals surface area contributed by atoms with Crippen molar-refractivity contribution in [2.45, 2.75) is 57.3 Å². The molecule has 0 aliphatic carbocycles. The number of guanidine groups is 1. The quantitative estimate of drug-likeness (QED) is 0.0541. The lowest BCUT2D eigenvalue weighted by molar-refractivity contribution is -0.141. The Bertz CT molecular complexity index is 953. The summed E-state index contributed by atoms with van der Waals surface area (Å²) in [5.74, 6) is -3.77. The first-order chi connectivity index (χ1) is 17.3. The van der Waals surface area contributed by atoms with Crippen LogP contribution in [-0.4, -0.2) is 76.3 Å². The van der Waals surface area contributed by atoms with Crippen LogP contribution in [0.25, 0.3) is 0 Å². The van der Waals surface area contributed by atoms with E-state index in [1.165, 1.54) is 12.1 Å². The highest BCUT2D eigenvalue weighted by Crippen LogP contribution is 2.12. The number of nitrogens with zero attached hydrogens (tertiary/aromatic N) is 1. The highest BCUT2D eigenvalue weighted by molar-refractivity contribution is 7.80. The van der Waals surface area contributed by atoms with Crippen LogP contribution in [0.2, 0.25) is 0 Å². The Hall–Kier alpha value is -3.52. The van der Waals surface area contributed by atoms with E-state index in [4.69, 9.17) is 17.2 Å². The Labute approximate surface area is 221 Å². The summed E-state index contributed by atoms with van der Waals surface area (Å²) in [5.41, 5.74) is 17.4. The summed E-state index contributed by atoms with van der Waals surface area (Å²) in [6.45, 7) is 3.61. The van der Waals surface area contributed by atoms with Gasteiger partial charge < -0.3 is 43.4 Å². The van der Waals surface area contributed by atoms with E-state index in [2.05, 4.69) is 33.6 Å². The van der Waals surface area contributed by atoms with Crippen LogP contribution in [0, 0.1) is 5.92 Å². The summed E-state index contributed by atoms with van der Waals surface area (Å²) in [4.78, 5) is 53.8. The first-order valence-electron chi connectivity index (χ1n) is 11.7. The zero-order chi connectivity index (χ0) is 28.1. The standard InChI is InChI=1S/C23H37N7O6S/c1-12(2)18(30-19(32)15(24)10-13-5-7-14(31)8-6-13)21(34)28-16(4-3-9-27-23(25)26)20(33)29-17(11-37)22(35)36/h5-8,12,15-18,31,37H,3-4,9-11,24H2,1-2H3,(H,28,34)(H,29,33)(H,30,32)(H,35,36)(H4,25,26,27). The Morgan fingerprint density at radius 3 is 2.08 bits per heavy atom. The molecule has 0 saturated heterocycles. The third-order valence-electron chi connectivity index (χ3n) is 5.35. The molecular weight excluding hydrogens is 502 g/mol. The van der Waals surface area contributed by atoms with Gasteiger partial charge in [-0.05, 0) is 42.9 Å². The van der Waals surface area contributed by atoms with Crippen molar-refractivity contribution in [3.05, 3.63) is 29.8 Å². The first-order valence-corrected chi connectivity index (χ1v) is 12.3. The van der Waals surface area contributed by atoms with E-state index in [1.807, 2.05) is 0 Å². The minimum absolute atomic E-state index is 0.0826. The van der Waals surface area contributed by atoms with Gasteiger partial charge in [0.25, 0.3) is 0 Å². The maximum atomic E-state index is 13.1. The number of thiol groups is 1. The zero-order valence-electron chi connectivity index (χ0n) is 20.9. The van der Waals surface area contributed by atoms with E-state index in [0.717, 1.165) is 5.56 Å². The van der Waals surface area contributed by atoms with Gasteiger partial charge in [0.2, 0.25) is 17.7 Å². The van der Waals surface area contributed by atoms with E-state index in [0.29, 0.717) is 6.42 Å². The molecule has 14 heteroatoms. The van der Waals surface area contributed by atoms with Crippen LogP contribution in [0.3, 0.4) is 0 Å². The smallest absolute Gasteiger partial charge is 0.327 e. The molecule has 37 heavy (non-hydrogen) atoms. The number of aliphatic imine (C=N–C) groups is 1. The fraction of sp³-hybridized carbons (Fsp3) is 0.522. The van der Waals surface area contributed by atoms with Gasteiger partial charge in [-0.2, -0.15) is 12.6 Å². The molecule has 206 valence electrons. The van der Waals surface area contributed by atoms with Crippen molar-refractivity contribution in [1.29, 1.82) is 0 Å². The fourth-order valence-electron chi connectivity index (χ4n) is 3.27. The van der Waals surface area contributed by atoms with Crippen LogP contribution < -0.4 is 33.2 Å². The topological polar surface area (TPSA) is 235 Å². The van der Waals surface area contributed by atoms with Crippen molar-refractivity contribution in [1.82, 2.24) is 16.0 Å². The zero-order valence-corrected chi connectivity index (χ0v) is 21.8. The number of nitrogens with two attached hydrogens (primary N) is 3. The number of carboxylic acid groups (broad SMARTS) is 1. The van der Waals surface area contributed by atoms with Crippen LogP contribution in [0.4, 0.5) is 0 Å². The Balaban J connectivity index is 2.93. The molecule has 0 bridgehead atoms. The molecule has 0 aliphatic heterocycles. The number of phenolic OH excluding ortho intramolecular Hbond substituents is 1. The lowest BCUT2D eigenvalue weighted by Crippen LogP contribution is -2.58. The van der Waals surface area contributed by atoms with Crippen LogP contribution >= 0.6 is 12.6 Å². The van der Waals surface area contributed by atoms with Crippen molar-refractivity contribution in [3.63, 3.8) is 0 Å². The van der Waals surface area contributed by atoms with Gasteiger partial charge in [-0.3, -0.25) is 19.4 Å². The number of aliphatic carboxylic acids is 1. The summed E-state index contributed by atoms with van der Waals surface area (Å²) >= 11 is 3.93. The maximum absolute atomic E-state index is 13.1. The van der Waals surface area contributed by atoms with Gasteiger partial charge >= 0.3 is 5.97 Å². The lowest BCUT2D eigenvalue weighted by atomic mass is 10.0. The third kappa shape index (κ3) is 11.4. The molecule has 0 fully saturated rings. The van der Waals surface area contributed by atoms with Gasteiger partial charge in [0.1, 0.15) is 23.9 Å². The summed E-state index contributed by atoms with van der Waals surface area (Å²) in [7, 11) is 0. The minimum Gasteiger partial charge on any atom is -0.508 e. The Morgan fingerprint density at radius 1 is 0.973 bits per heavy atom. The average Bonchev–Trinajstić information content (AvgIpc) is 2.83. The molecule has 0 aromatic heterocycles. The molecule has 4 unspecified atom stereocenters. The largest absolute Gasteiger partial charge is 0.508 e. The number of hydrogen-bond acceptors (Lipinski definition) is 8. The molecule has 0 spiro atoms. The molecule has 0 saturated carbocycles. The predicted molar refractivity (Wildman–Crippen MR) is 142 cm³/mol. The van der Waals surface area contributed by atoms with E-state index in [-0.39, 0.29) is 42.8 Å². The molecule has 1 aromatic rings. The molecular formula is C23H37N7O6S. The average molecular weight is 540 g/mol. The highest BCUT2D eigenvalue weighted by atomic mass is 32.1. The Kier molecular flexibility index (Phi) is 13.3. The van der Waals surface area contributed by atoms with Crippen molar-refractivity contribution in [3.8, 4) is 5.75 Å². The first kappa shape index (κ1) is 31.5. The molecule has 13 nitrogen and oxygen atoms in total. The highest BCUT2D eigenvalue weighted by Gasteiger charge is 2.31. The van der Waals surface area contributed by atoms with Gasteiger partial charge in [-0.25, -0.2) is 4.79 Å². The minimum atomic E-state index is -1.27. The fourth-order valence-corrected chi connectivity index (χ4v) is 3.51. The van der Waals surface area contributed by atoms with Crippen molar-refractivity contribution in [2.75, 3.05) is 12.3 Å². The van der Waals surface area contributed by atoms with Crippen molar-refractivity contribution < 1.29 is 29.4 Å². The number of hydrogen-bond donors (Lipinski definition) is 9. The van der Waals surface area contributed by atoms with Crippen LogP contribution in [-0.2, 0) is 25.6 Å². The normalized spacial score (nSPS) is 14.1. The number of rotatable bonds is 15. The number of benzene rings is 1. The second-order valence-electron chi connectivity index (χ2n) is 8.80. The monoisotopic (exact) mass is 539 g/mol. The summed E-state index contributed by atoms with van der Waals surface area (Å²) in [5, 5.41) is 26.2. The number of nitrogens with one attached hydrogen (secondary N) is 3. The molecule has 1 aromatic carbocycles. The molecule has 11 N–H and O–H groups in total. The summed E-state index contributed by atoms with van der Waals surface area (Å²) in [6, 6.07) is 1.86. The summed E-state index contributed by atoms with van der Waals surface area (Å²) in [6.07, 6.45) is 0.589. The number of aromatic hydroxyl groups is 1. The molecule has 0 heterocycles. The molecule has 4 atom stereocenters. The third-order valence-corrected chi connectivity index (χ3v) is 5.72. The van der Waals surface area contributed by atoms with E-state index >= 15 is 0 Å². The van der Waals surface area contributed by atoms with E-state index in [9.17, 15) is 29.4 Å². The predicted octanol–water partition coefficient (Wildman–Crippen LogP) is -1.56. The lowest BCUT2D eigenvalue weighted by Gasteiger charge is -2.27. The number of phenols is 1. The second kappa shape index (κ2) is 15.6. The number of amides is 3. The van der Waals surface area contributed by atoms with Gasteiger partial charge in [0.05, 0.1) is 6.04 Å².